The molecule has 0 saturated heterocycles. The van der Waals surface area contributed by atoms with Gasteiger partial charge in [-0.15, -0.1) is 0 Å². The van der Waals surface area contributed by atoms with Crippen LogP contribution in [0.4, 0.5) is 0 Å². The molecule has 0 aliphatic rings. The average molecular weight is 341 g/mol. The van der Waals surface area contributed by atoms with E-state index >= 15 is 0 Å². The normalized spacial score (nSPS) is 10.3. The van der Waals surface area contributed by atoms with Crippen LogP contribution in [0, 0.1) is 6.92 Å². The zero-order valence-corrected chi connectivity index (χ0v) is 12.5. The molecule has 98 valence electrons. The van der Waals surface area contributed by atoms with Gasteiger partial charge in [-0.25, -0.2) is 0 Å². The Bertz CT molecular complexity index is 601. The lowest BCUT2D eigenvalue weighted by atomic mass is 10.2. The fourth-order valence-corrected chi connectivity index (χ4v) is 2.31. The quantitative estimate of drug-likeness (QED) is 0.934. The van der Waals surface area contributed by atoms with Crippen LogP contribution in [0.2, 0.25) is 5.02 Å². The molecule has 0 aliphatic heterocycles. The van der Waals surface area contributed by atoms with Crippen molar-refractivity contribution >= 4 is 33.4 Å². The number of rotatable bonds is 3. The number of halogens is 2. The topological polar surface area (TPSA) is 54.9 Å². The van der Waals surface area contributed by atoms with Crippen molar-refractivity contribution < 1.29 is 4.79 Å². The third-order valence-corrected chi connectivity index (χ3v) is 3.33. The van der Waals surface area contributed by atoms with Crippen LogP contribution >= 0.6 is 27.5 Å². The predicted molar refractivity (Wildman–Crippen MR) is 77.1 cm³/mol. The van der Waals surface area contributed by atoms with Crippen LogP contribution < -0.4 is 5.32 Å². The van der Waals surface area contributed by atoms with Crippen molar-refractivity contribution in [1.82, 2.24) is 15.3 Å². The van der Waals surface area contributed by atoms with E-state index in [-0.39, 0.29) is 5.91 Å². The van der Waals surface area contributed by atoms with E-state index in [1.54, 1.807) is 30.6 Å². The van der Waals surface area contributed by atoms with Crippen molar-refractivity contribution in [1.29, 1.82) is 0 Å². The fourth-order valence-electron chi connectivity index (χ4n) is 1.45. The second-order valence-electron chi connectivity index (χ2n) is 3.96. The molecule has 0 bridgehead atoms. The first-order chi connectivity index (χ1) is 9.06. The lowest BCUT2D eigenvalue weighted by Crippen LogP contribution is -2.23. The van der Waals surface area contributed by atoms with E-state index in [1.165, 1.54) is 0 Å². The number of aryl methyl sites for hydroxylation is 1. The summed E-state index contributed by atoms with van der Waals surface area (Å²) in [6.07, 6.45) is 3.31. The minimum atomic E-state index is -0.189. The molecule has 0 aliphatic carbocycles. The monoisotopic (exact) mass is 339 g/mol. The van der Waals surface area contributed by atoms with Crippen molar-refractivity contribution in [2.45, 2.75) is 13.5 Å². The number of hydrogen-bond donors (Lipinski definition) is 1. The number of amides is 1. The van der Waals surface area contributed by atoms with Gasteiger partial charge in [0.15, 0.2) is 0 Å². The fraction of sp³-hybridized carbons (Fsp3) is 0.154. The molecule has 1 aromatic carbocycles. The zero-order chi connectivity index (χ0) is 13.8. The highest BCUT2D eigenvalue weighted by Gasteiger charge is 2.10. The van der Waals surface area contributed by atoms with Crippen molar-refractivity contribution in [2.75, 3.05) is 0 Å². The van der Waals surface area contributed by atoms with Gasteiger partial charge in [-0.1, -0.05) is 11.6 Å². The predicted octanol–water partition coefficient (Wildman–Crippen LogP) is 3.13. The summed E-state index contributed by atoms with van der Waals surface area (Å²) >= 11 is 9.14. The van der Waals surface area contributed by atoms with Gasteiger partial charge in [0, 0.05) is 15.7 Å². The van der Waals surface area contributed by atoms with Crippen LogP contribution in [0.3, 0.4) is 0 Å². The molecule has 1 amide bonds. The molecule has 0 saturated carbocycles. The molecule has 1 N–H and O–H groups in total. The van der Waals surface area contributed by atoms with Gasteiger partial charge in [0.25, 0.3) is 5.91 Å². The van der Waals surface area contributed by atoms with Gasteiger partial charge in [-0.3, -0.25) is 14.8 Å². The Morgan fingerprint density at radius 3 is 2.79 bits per heavy atom. The Balaban J connectivity index is 2.03. The maximum Gasteiger partial charge on any atom is 0.252 e. The Kier molecular flexibility index (Phi) is 4.50. The summed E-state index contributed by atoms with van der Waals surface area (Å²) in [6.45, 7) is 2.20. The van der Waals surface area contributed by atoms with E-state index in [0.717, 1.165) is 5.69 Å². The van der Waals surface area contributed by atoms with Crippen molar-refractivity contribution in [3.63, 3.8) is 0 Å². The molecule has 6 heteroatoms. The Hall–Kier alpha value is -1.46. The third kappa shape index (κ3) is 3.75. The average Bonchev–Trinajstić information content (AvgIpc) is 2.37. The Labute approximate surface area is 124 Å². The van der Waals surface area contributed by atoms with Crippen molar-refractivity contribution in [3.05, 3.63) is 57.0 Å². The first kappa shape index (κ1) is 14.0. The van der Waals surface area contributed by atoms with Crippen molar-refractivity contribution in [3.8, 4) is 0 Å². The lowest BCUT2D eigenvalue weighted by Gasteiger charge is -2.06. The van der Waals surface area contributed by atoms with E-state index in [4.69, 9.17) is 11.6 Å². The van der Waals surface area contributed by atoms with Crippen LogP contribution in [-0.2, 0) is 6.54 Å². The van der Waals surface area contributed by atoms with Gasteiger partial charge in [0.1, 0.15) is 0 Å². The summed E-state index contributed by atoms with van der Waals surface area (Å²) in [6, 6.07) is 5.03. The van der Waals surface area contributed by atoms with E-state index in [0.29, 0.717) is 27.3 Å². The molecule has 0 atom stereocenters. The Morgan fingerprint density at radius 2 is 2.16 bits per heavy atom. The number of benzene rings is 1. The van der Waals surface area contributed by atoms with E-state index < -0.39 is 0 Å². The molecular formula is C13H11BrClN3O. The van der Waals surface area contributed by atoms with Crippen LogP contribution in [0.1, 0.15) is 21.7 Å². The zero-order valence-electron chi connectivity index (χ0n) is 10.2. The third-order valence-electron chi connectivity index (χ3n) is 2.44. The maximum atomic E-state index is 12.0. The number of hydrogen-bond acceptors (Lipinski definition) is 3. The minimum absolute atomic E-state index is 0.189. The molecule has 1 aromatic heterocycles. The summed E-state index contributed by atoms with van der Waals surface area (Å²) in [7, 11) is 0. The smallest absolute Gasteiger partial charge is 0.252 e. The summed E-state index contributed by atoms with van der Waals surface area (Å²) < 4.78 is 0.660. The van der Waals surface area contributed by atoms with Gasteiger partial charge in [0.05, 0.1) is 29.7 Å². The first-order valence-electron chi connectivity index (χ1n) is 5.57. The SMILES string of the molecule is Cc1cnc(CNC(=O)c2ccc(Cl)cc2Br)cn1. The molecule has 0 unspecified atom stereocenters. The second-order valence-corrected chi connectivity index (χ2v) is 5.25. The van der Waals surface area contributed by atoms with Crippen LogP contribution in [0.5, 0.6) is 0 Å². The minimum Gasteiger partial charge on any atom is -0.346 e. The molecule has 19 heavy (non-hydrogen) atoms. The molecule has 2 rings (SSSR count). The lowest BCUT2D eigenvalue weighted by molar-refractivity contribution is 0.0949. The molecule has 4 nitrogen and oxygen atoms in total. The summed E-state index contributed by atoms with van der Waals surface area (Å²) in [4.78, 5) is 20.3. The van der Waals surface area contributed by atoms with Gasteiger partial charge < -0.3 is 5.32 Å². The number of carbonyl (C=O) groups is 1. The number of nitrogens with zero attached hydrogens (tertiary/aromatic N) is 2. The summed E-state index contributed by atoms with van der Waals surface area (Å²) in [5.41, 5.74) is 2.09. The van der Waals surface area contributed by atoms with E-state index in [9.17, 15) is 4.79 Å². The summed E-state index contributed by atoms with van der Waals surface area (Å²) in [5.74, 6) is -0.189. The molecule has 0 radical (unpaired) electrons. The van der Waals surface area contributed by atoms with Crippen LogP contribution in [-0.4, -0.2) is 15.9 Å². The van der Waals surface area contributed by atoms with Gasteiger partial charge >= 0.3 is 0 Å². The van der Waals surface area contributed by atoms with E-state index in [1.807, 2.05) is 6.92 Å². The highest BCUT2D eigenvalue weighted by Crippen LogP contribution is 2.21. The van der Waals surface area contributed by atoms with Crippen LogP contribution in [0.25, 0.3) is 0 Å². The highest BCUT2D eigenvalue weighted by atomic mass is 79.9. The largest absolute Gasteiger partial charge is 0.346 e. The first-order valence-corrected chi connectivity index (χ1v) is 6.74. The summed E-state index contributed by atoms with van der Waals surface area (Å²) in [5, 5.41) is 3.36. The highest BCUT2D eigenvalue weighted by molar-refractivity contribution is 9.10. The molecule has 1 heterocycles. The number of aromatic nitrogens is 2. The van der Waals surface area contributed by atoms with E-state index in [2.05, 4.69) is 31.2 Å². The van der Waals surface area contributed by atoms with Gasteiger partial charge in [-0.2, -0.15) is 0 Å². The molecular weight excluding hydrogens is 330 g/mol. The maximum absolute atomic E-state index is 12.0. The van der Waals surface area contributed by atoms with Gasteiger partial charge in [-0.05, 0) is 41.1 Å². The molecule has 2 aromatic rings. The van der Waals surface area contributed by atoms with Gasteiger partial charge in [0.2, 0.25) is 0 Å². The number of nitrogens with one attached hydrogen (secondary N) is 1. The van der Waals surface area contributed by atoms with Crippen molar-refractivity contribution in [2.24, 2.45) is 0 Å². The van der Waals surface area contributed by atoms with Crippen LogP contribution in [0.15, 0.2) is 35.1 Å². The Morgan fingerprint density at radius 1 is 1.37 bits per heavy atom. The number of carbonyl (C=O) groups excluding carboxylic acids is 1. The molecule has 0 spiro atoms. The second kappa shape index (κ2) is 6.12. The molecule has 0 fully saturated rings. The standard InChI is InChI=1S/C13H11BrClN3O/c1-8-5-17-10(6-16-8)7-18-13(19)11-3-2-9(15)4-12(11)14/h2-6H,7H2,1H3,(H,18,19).